The summed E-state index contributed by atoms with van der Waals surface area (Å²) in [5.41, 5.74) is 0. The highest BCUT2D eigenvalue weighted by Crippen LogP contribution is 2.18. The second-order valence-corrected chi connectivity index (χ2v) is 17.3. The predicted molar refractivity (Wildman–Crippen MR) is 250 cm³/mol. The van der Waals surface area contributed by atoms with Crippen LogP contribution in [0.4, 0.5) is 0 Å². The smallest absolute Gasteiger partial charge is 0.306 e. The molecule has 0 fully saturated rings. The van der Waals surface area contributed by atoms with Crippen molar-refractivity contribution < 1.29 is 24.5 Å². The molecular weight excluding hydrogens is 719 g/mol. The quantitative estimate of drug-likeness (QED) is 0.0323. The summed E-state index contributed by atoms with van der Waals surface area (Å²) in [6.07, 6.45) is 53.6. The van der Waals surface area contributed by atoms with Crippen LogP contribution in [0, 0.1) is 0 Å². The Labute approximate surface area is 360 Å². The van der Waals surface area contributed by atoms with Crippen molar-refractivity contribution in [3.05, 3.63) is 36.5 Å². The number of amides is 1. The first kappa shape index (κ1) is 56.1. The minimum Gasteiger partial charge on any atom is -0.462 e. The molecule has 0 heterocycles. The van der Waals surface area contributed by atoms with E-state index in [1.54, 1.807) is 0 Å². The van der Waals surface area contributed by atoms with Gasteiger partial charge in [-0.2, -0.15) is 0 Å². The summed E-state index contributed by atoms with van der Waals surface area (Å²) in [6.45, 7) is 6.34. The maximum atomic E-state index is 13.2. The monoisotopic (exact) mass is 816 g/mol. The molecule has 0 radical (unpaired) electrons. The molecule has 0 bridgehead atoms. The van der Waals surface area contributed by atoms with E-state index in [0.29, 0.717) is 19.3 Å². The van der Waals surface area contributed by atoms with Crippen LogP contribution in [-0.2, 0) is 14.3 Å². The summed E-state index contributed by atoms with van der Waals surface area (Å²) in [7, 11) is 0. The lowest BCUT2D eigenvalue weighted by Crippen LogP contribution is -2.46. The molecular formula is C52H97NO5. The lowest BCUT2D eigenvalue weighted by molar-refractivity contribution is -0.151. The van der Waals surface area contributed by atoms with Gasteiger partial charge in [-0.05, 0) is 44.9 Å². The van der Waals surface area contributed by atoms with Gasteiger partial charge >= 0.3 is 5.97 Å². The fourth-order valence-electron chi connectivity index (χ4n) is 7.73. The summed E-state index contributed by atoms with van der Waals surface area (Å²) in [5.74, 6) is -0.500. The number of aliphatic hydroxyl groups is 2. The maximum absolute atomic E-state index is 13.2. The highest BCUT2D eigenvalue weighted by molar-refractivity contribution is 5.77. The van der Waals surface area contributed by atoms with Gasteiger partial charge in [0.25, 0.3) is 0 Å². The molecule has 0 aromatic heterocycles. The van der Waals surface area contributed by atoms with Crippen molar-refractivity contribution in [3.8, 4) is 0 Å². The number of unbranched alkanes of at least 4 members (excludes halogenated alkanes) is 29. The van der Waals surface area contributed by atoms with E-state index in [9.17, 15) is 19.8 Å². The Bertz CT molecular complexity index is 961. The molecule has 6 nitrogen and oxygen atoms in total. The summed E-state index contributed by atoms with van der Waals surface area (Å²) < 4.78 is 5.91. The Balaban J connectivity index is 4.51. The first-order valence-corrected chi connectivity index (χ1v) is 25.2. The zero-order valence-corrected chi connectivity index (χ0v) is 38.7. The van der Waals surface area contributed by atoms with E-state index in [0.717, 1.165) is 70.6 Å². The first-order valence-electron chi connectivity index (χ1n) is 25.2. The van der Waals surface area contributed by atoms with Crippen molar-refractivity contribution in [2.75, 3.05) is 6.61 Å². The van der Waals surface area contributed by atoms with Gasteiger partial charge in [0.1, 0.15) is 6.10 Å². The number of nitrogens with one attached hydrogen (secondary N) is 1. The number of allylic oxidation sites excluding steroid dienone is 6. The Morgan fingerprint density at radius 3 is 1.40 bits per heavy atom. The van der Waals surface area contributed by atoms with Gasteiger partial charge in [-0.25, -0.2) is 0 Å². The molecule has 1 amide bonds. The number of aliphatic hydroxyl groups excluding tert-OH is 2. The number of esters is 1. The van der Waals surface area contributed by atoms with Crippen LogP contribution in [0.2, 0.25) is 0 Å². The van der Waals surface area contributed by atoms with E-state index in [1.165, 1.54) is 141 Å². The third-order valence-corrected chi connectivity index (χ3v) is 11.5. The Morgan fingerprint density at radius 2 is 0.931 bits per heavy atom. The van der Waals surface area contributed by atoms with Gasteiger partial charge in [-0.1, -0.05) is 237 Å². The van der Waals surface area contributed by atoms with E-state index in [-0.39, 0.29) is 24.9 Å². The van der Waals surface area contributed by atoms with Crippen molar-refractivity contribution in [2.24, 2.45) is 0 Å². The minimum atomic E-state index is -0.793. The van der Waals surface area contributed by atoms with Crippen LogP contribution in [0.5, 0.6) is 0 Å². The number of carbonyl (C=O) groups is 2. The zero-order chi connectivity index (χ0) is 42.4. The molecule has 3 atom stereocenters. The zero-order valence-electron chi connectivity index (χ0n) is 38.7. The number of hydrogen-bond donors (Lipinski definition) is 3. The van der Waals surface area contributed by atoms with Crippen LogP contribution in [0.25, 0.3) is 0 Å². The first-order chi connectivity index (χ1) is 28.5. The van der Waals surface area contributed by atoms with Gasteiger partial charge in [0.2, 0.25) is 5.91 Å². The molecule has 0 saturated heterocycles. The van der Waals surface area contributed by atoms with Gasteiger partial charge in [0.15, 0.2) is 0 Å². The second-order valence-electron chi connectivity index (χ2n) is 17.3. The standard InChI is InChI=1S/C52H97NO5/c1-4-7-10-13-16-19-22-23-24-25-26-27-30-33-36-39-42-45-52(57)58-48(43-40-37-34-31-28-20-17-14-11-8-5-2)46-51(56)53-49(47-54)50(55)44-41-38-35-32-29-21-18-15-12-9-6-3/h8,11,14,17,20,28,48-50,54-55H,4-7,9-10,12-13,15-16,18-19,21-27,29-47H2,1-3H3,(H,53,56)/b11-8+,17-14+,28-20-. The molecule has 340 valence electrons. The van der Waals surface area contributed by atoms with Crippen LogP contribution in [0.3, 0.4) is 0 Å². The average molecular weight is 816 g/mol. The molecule has 6 heteroatoms. The fraction of sp³-hybridized carbons (Fsp3) is 0.846. The van der Waals surface area contributed by atoms with E-state index in [2.05, 4.69) is 56.5 Å². The lowest BCUT2D eigenvalue weighted by atomic mass is 10.0. The predicted octanol–water partition coefficient (Wildman–Crippen LogP) is 14.9. The van der Waals surface area contributed by atoms with Crippen LogP contribution < -0.4 is 5.32 Å². The van der Waals surface area contributed by atoms with Crippen molar-refractivity contribution in [1.29, 1.82) is 0 Å². The van der Waals surface area contributed by atoms with Gasteiger partial charge < -0.3 is 20.3 Å². The molecule has 0 saturated carbocycles. The highest BCUT2D eigenvalue weighted by atomic mass is 16.5. The molecule has 0 rings (SSSR count). The largest absolute Gasteiger partial charge is 0.462 e. The average Bonchev–Trinajstić information content (AvgIpc) is 3.22. The Morgan fingerprint density at radius 1 is 0.517 bits per heavy atom. The Kier molecular flexibility index (Phi) is 44.6. The van der Waals surface area contributed by atoms with Crippen LogP contribution in [0.1, 0.15) is 258 Å². The van der Waals surface area contributed by atoms with E-state index in [4.69, 9.17) is 4.74 Å². The van der Waals surface area contributed by atoms with E-state index < -0.39 is 18.2 Å². The minimum absolute atomic E-state index is 0.0580. The molecule has 0 spiro atoms. The van der Waals surface area contributed by atoms with Crippen LogP contribution in [0.15, 0.2) is 36.5 Å². The van der Waals surface area contributed by atoms with Gasteiger partial charge in [0.05, 0.1) is 25.2 Å². The summed E-state index contributed by atoms with van der Waals surface area (Å²) in [5, 5.41) is 23.7. The summed E-state index contributed by atoms with van der Waals surface area (Å²) in [6, 6.07) is -0.708. The molecule has 0 aliphatic heterocycles. The summed E-state index contributed by atoms with van der Waals surface area (Å²) in [4.78, 5) is 26.1. The maximum Gasteiger partial charge on any atom is 0.306 e. The second kappa shape index (κ2) is 46.2. The molecule has 58 heavy (non-hydrogen) atoms. The van der Waals surface area contributed by atoms with Gasteiger partial charge in [0, 0.05) is 6.42 Å². The molecule has 0 aromatic rings. The molecule has 3 N–H and O–H groups in total. The third kappa shape index (κ3) is 40.8. The van der Waals surface area contributed by atoms with Gasteiger partial charge in [-0.15, -0.1) is 0 Å². The highest BCUT2D eigenvalue weighted by Gasteiger charge is 2.24. The number of rotatable bonds is 45. The fourth-order valence-corrected chi connectivity index (χ4v) is 7.73. The lowest BCUT2D eigenvalue weighted by Gasteiger charge is -2.24. The van der Waals surface area contributed by atoms with Crippen LogP contribution >= 0.6 is 0 Å². The number of carbonyl (C=O) groups excluding carboxylic acids is 2. The number of hydrogen-bond acceptors (Lipinski definition) is 5. The van der Waals surface area contributed by atoms with E-state index >= 15 is 0 Å². The Hall–Kier alpha value is -1.92. The molecule has 3 unspecified atom stereocenters. The van der Waals surface area contributed by atoms with Crippen molar-refractivity contribution >= 4 is 11.9 Å². The SMILES string of the molecule is CC/C=C/C=C/C=C\CCCCCC(CC(=O)NC(CO)C(O)CCCCCCCCCCCCC)OC(=O)CCCCCCCCCCCCCCCCCCC. The normalized spacial score (nSPS) is 13.5. The van der Waals surface area contributed by atoms with Crippen molar-refractivity contribution in [3.63, 3.8) is 0 Å². The molecule has 0 aliphatic rings. The topological polar surface area (TPSA) is 95.9 Å². The van der Waals surface area contributed by atoms with Crippen molar-refractivity contribution in [2.45, 2.75) is 277 Å². The summed E-state index contributed by atoms with van der Waals surface area (Å²) >= 11 is 0. The van der Waals surface area contributed by atoms with E-state index in [1.807, 2.05) is 6.08 Å². The number of ether oxygens (including phenoxy) is 1. The third-order valence-electron chi connectivity index (χ3n) is 11.5. The van der Waals surface area contributed by atoms with Gasteiger partial charge in [-0.3, -0.25) is 9.59 Å². The van der Waals surface area contributed by atoms with Crippen molar-refractivity contribution in [1.82, 2.24) is 5.32 Å². The molecule has 0 aromatic carbocycles. The molecule has 0 aliphatic carbocycles. The van der Waals surface area contributed by atoms with Crippen LogP contribution in [-0.4, -0.2) is 46.9 Å².